The van der Waals surface area contributed by atoms with Crippen LogP contribution in [-0.4, -0.2) is 18.1 Å². The third kappa shape index (κ3) is 1.96. The zero-order valence-corrected chi connectivity index (χ0v) is 10.6. The molecule has 0 saturated heterocycles. The molecule has 1 aromatic rings. The summed E-state index contributed by atoms with van der Waals surface area (Å²) >= 11 is 1.75. The lowest BCUT2D eigenvalue weighted by molar-refractivity contribution is 0.0972. The monoisotopic (exact) mass is 236 g/mol. The van der Waals surface area contributed by atoms with Crippen LogP contribution in [0.5, 0.6) is 5.75 Å². The molecule has 1 atom stereocenters. The van der Waals surface area contributed by atoms with Crippen LogP contribution in [-0.2, 0) is 5.75 Å². The van der Waals surface area contributed by atoms with Gasteiger partial charge in [0, 0.05) is 11.3 Å². The van der Waals surface area contributed by atoms with Gasteiger partial charge in [0.2, 0.25) is 0 Å². The average molecular weight is 236 g/mol. The Bertz CT molecular complexity index is 412. The van der Waals surface area contributed by atoms with Gasteiger partial charge in [-0.15, -0.1) is 11.8 Å². The van der Waals surface area contributed by atoms with Crippen molar-refractivity contribution < 1.29 is 9.53 Å². The van der Waals surface area contributed by atoms with Crippen molar-refractivity contribution in [3.8, 4) is 5.75 Å². The predicted octanol–water partition coefficient (Wildman–Crippen LogP) is 3.15. The number of fused-ring (bicyclic) bond motifs is 1. The van der Waals surface area contributed by atoms with Crippen molar-refractivity contribution in [1.29, 1.82) is 0 Å². The summed E-state index contributed by atoms with van der Waals surface area (Å²) in [6, 6.07) is 5.78. The Labute approximate surface area is 100 Å². The second kappa shape index (κ2) is 4.50. The SMILES string of the molecule is COc1ccc2c(c1)C(=O)C(C(C)C)SC2. The Kier molecular flexibility index (Phi) is 3.24. The zero-order valence-electron chi connectivity index (χ0n) is 9.82. The summed E-state index contributed by atoms with van der Waals surface area (Å²) in [6.07, 6.45) is 0. The first kappa shape index (κ1) is 11.5. The van der Waals surface area contributed by atoms with E-state index in [0.717, 1.165) is 22.6 Å². The largest absolute Gasteiger partial charge is 0.497 e. The molecule has 1 unspecified atom stereocenters. The van der Waals surface area contributed by atoms with Crippen molar-refractivity contribution in [2.45, 2.75) is 24.9 Å². The van der Waals surface area contributed by atoms with Crippen LogP contribution >= 0.6 is 11.8 Å². The summed E-state index contributed by atoms with van der Waals surface area (Å²) in [5.41, 5.74) is 1.98. The zero-order chi connectivity index (χ0) is 11.7. The van der Waals surface area contributed by atoms with Crippen molar-refractivity contribution >= 4 is 17.5 Å². The van der Waals surface area contributed by atoms with E-state index in [-0.39, 0.29) is 11.0 Å². The molecule has 0 amide bonds. The van der Waals surface area contributed by atoms with Crippen molar-refractivity contribution in [3.63, 3.8) is 0 Å². The van der Waals surface area contributed by atoms with Crippen molar-refractivity contribution in [3.05, 3.63) is 29.3 Å². The molecular weight excluding hydrogens is 220 g/mol. The molecule has 1 aliphatic rings. The van der Waals surface area contributed by atoms with Crippen LogP contribution in [0, 0.1) is 5.92 Å². The van der Waals surface area contributed by atoms with E-state index in [0.29, 0.717) is 5.92 Å². The Morgan fingerprint density at radius 3 is 2.81 bits per heavy atom. The first-order chi connectivity index (χ1) is 7.63. The number of methoxy groups -OCH3 is 1. The standard InChI is InChI=1S/C13H16O2S/c1-8(2)13-12(14)11-6-10(15-3)5-4-9(11)7-16-13/h4-6,8,13H,7H2,1-3H3. The predicted molar refractivity (Wildman–Crippen MR) is 67.2 cm³/mol. The summed E-state index contributed by atoms with van der Waals surface area (Å²) in [4.78, 5) is 12.2. The average Bonchev–Trinajstić information content (AvgIpc) is 2.28. The van der Waals surface area contributed by atoms with E-state index in [2.05, 4.69) is 13.8 Å². The second-order valence-electron chi connectivity index (χ2n) is 4.36. The van der Waals surface area contributed by atoms with E-state index in [1.807, 2.05) is 18.2 Å². The van der Waals surface area contributed by atoms with E-state index < -0.39 is 0 Å². The Balaban J connectivity index is 2.38. The van der Waals surface area contributed by atoms with Crippen molar-refractivity contribution in [1.82, 2.24) is 0 Å². The molecule has 0 fully saturated rings. The highest BCUT2D eigenvalue weighted by atomic mass is 32.2. The number of benzene rings is 1. The highest BCUT2D eigenvalue weighted by Gasteiger charge is 2.30. The van der Waals surface area contributed by atoms with E-state index >= 15 is 0 Å². The fourth-order valence-electron chi connectivity index (χ4n) is 1.94. The summed E-state index contributed by atoms with van der Waals surface area (Å²) in [5.74, 6) is 2.33. The van der Waals surface area contributed by atoms with Gasteiger partial charge in [-0.25, -0.2) is 0 Å². The minimum Gasteiger partial charge on any atom is -0.497 e. The molecule has 0 bridgehead atoms. The normalized spacial score (nSPS) is 19.8. The molecule has 0 aliphatic carbocycles. The number of carbonyl (C=O) groups is 1. The first-order valence-corrected chi connectivity index (χ1v) is 6.51. The Hall–Kier alpha value is -0.960. The van der Waals surface area contributed by atoms with Crippen molar-refractivity contribution in [2.75, 3.05) is 7.11 Å². The maximum atomic E-state index is 12.2. The van der Waals surface area contributed by atoms with Crippen LogP contribution in [0.4, 0.5) is 0 Å². The van der Waals surface area contributed by atoms with Gasteiger partial charge in [0.15, 0.2) is 5.78 Å². The maximum absolute atomic E-state index is 12.2. The third-order valence-electron chi connectivity index (χ3n) is 2.86. The maximum Gasteiger partial charge on any atom is 0.176 e. The molecule has 0 aromatic heterocycles. The number of carbonyl (C=O) groups excluding carboxylic acids is 1. The fourth-order valence-corrected chi connectivity index (χ4v) is 3.22. The fraction of sp³-hybridized carbons (Fsp3) is 0.462. The number of rotatable bonds is 2. The van der Waals surface area contributed by atoms with Gasteiger partial charge in [-0.3, -0.25) is 4.79 Å². The highest BCUT2D eigenvalue weighted by Crippen LogP contribution is 2.35. The number of thioether (sulfide) groups is 1. The second-order valence-corrected chi connectivity index (χ2v) is 5.49. The lowest BCUT2D eigenvalue weighted by Crippen LogP contribution is -2.27. The summed E-state index contributed by atoms with van der Waals surface area (Å²) < 4.78 is 5.17. The highest BCUT2D eigenvalue weighted by molar-refractivity contribution is 8.00. The lowest BCUT2D eigenvalue weighted by atomic mass is 9.96. The third-order valence-corrected chi connectivity index (χ3v) is 4.46. The minimum absolute atomic E-state index is 0.0969. The summed E-state index contributed by atoms with van der Waals surface area (Å²) in [5, 5.41) is 0.0969. The van der Waals surface area contributed by atoms with Crippen LogP contribution in [0.2, 0.25) is 0 Å². The first-order valence-electron chi connectivity index (χ1n) is 5.46. The van der Waals surface area contributed by atoms with Gasteiger partial charge in [0.25, 0.3) is 0 Å². The van der Waals surface area contributed by atoms with Gasteiger partial charge < -0.3 is 4.74 Å². The van der Waals surface area contributed by atoms with E-state index in [9.17, 15) is 4.79 Å². The van der Waals surface area contributed by atoms with Crippen LogP contribution < -0.4 is 4.74 Å². The molecule has 16 heavy (non-hydrogen) atoms. The lowest BCUT2D eigenvalue weighted by Gasteiger charge is -2.25. The van der Waals surface area contributed by atoms with Gasteiger partial charge in [0.05, 0.1) is 12.4 Å². The topological polar surface area (TPSA) is 26.3 Å². The van der Waals surface area contributed by atoms with Gasteiger partial charge >= 0.3 is 0 Å². The molecular formula is C13H16O2S. The molecule has 1 aliphatic heterocycles. The Morgan fingerprint density at radius 2 is 2.19 bits per heavy atom. The molecule has 1 aromatic carbocycles. The molecule has 1 heterocycles. The van der Waals surface area contributed by atoms with Gasteiger partial charge in [-0.1, -0.05) is 19.9 Å². The van der Waals surface area contributed by atoms with Gasteiger partial charge in [0.1, 0.15) is 5.75 Å². The number of ketones is 1. The Morgan fingerprint density at radius 1 is 1.44 bits per heavy atom. The molecule has 0 radical (unpaired) electrons. The summed E-state index contributed by atoms with van der Waals surface area (Å²) in [7, 11) is 1.63. The van der Waals surface area contributed by atoms with Crippen LogP contribution in [0.1, 0.15) is 29.8 Å². The number of hydrogen-bond acceptors (Lipinski definition) is 3. The molecule has 2 nitrogen and oxygen atoms in total. The quantitative estimate of drug-likeness (QED) is 0.789. The van der Waals surface area contributed by atoms with E-state index in [4.69, 9.17) is 4.74 Å². The van der Waals surface area contributed by atoms with Crippen LogP contribution in [0.15, 0.2) is 18.2 Å². The minimum atomic E-state index is 0.0969. The molecule has 2 rings (SSSR count). The summed E-state index contributed by atoms with van der Waals surface area (Å²) in [6.45, 7) is 4.20. The molecule has 0 spiro atoms. The molecule has 0 N–H and O–H groups in total. The number of hydrogen-bond donors (Lipinski definition) is 0. The van der Waals surface area contributed by atoms with Crippen LogP contribution in [0.3, 0.4) is 0 Å². The number of ether oxygens (including phenoxy) is 1. The molecule has 86 valence electrons. The molecule has 3 heteroatoms. The van der Waals surface area contributed by atoms with Gasteiger partial charge in [-0.05, 0) is 23.6 Å². The number of Topliss-reactive ketones (excluding diaryl/α,β-unsaturated/α-hetero) is 1. The van der Waals surface area contributed by atoms with Gasteiger partial charge in [-0.2, -0.15) is 0 Å². The smallest absolute Gasteiger partial charge is 0.176 e. The van der Waals surface area contributed by atoms with E-state index in [1.165, 1.54) is 0 Å². The molecule has 0 saturated carbocycles. The van der Waals surface area contributed by atoms with Crippen molar-refractivity contribution in [2.24, 2.45) is 5.92 Å². The van der Waals surface area contributed by atoms with E-state index in [1.54, 1.807) is 18.9 Å². The van der Waals surface area contributed by atoms with Crippen LogP contribution in [0.25, 0.3) is 0 Å².